The Balaban J connectivity index is 1.62. The molecule has 0 bridgehead atoms. The predicted octanol–water partition coefficient (Wildman–Crippen LogP) is 3.73. The summed E-state index contributed by atoms with van der Waals surface area (Å²) in [6, 6.07) is 13.1. The SMILES string of the molecule is Cc1cc2cc(CNC(=O)CCC(=O)c3ccccc3C)c(=O)[nH]c2cc1C. The molecule has 0 aliphatic carbocycles. The number of Topliss-reactive ketones (excluding diaryl/α,β-unsaturated/α-hetero) is 1. The van der Waals surface area contributed by atoms with Gasteiger partial charge >= 0.3 is 0 Å². The summed E-state index contributed by atoms with van der Waals surface area (Å²) in [4.78, 5) is 39.5. The van der Waals surface area contributed by atoms with E-state index in [0.717, 1.165) is 27.6 Å². The topological polar surface area (TPSA) is 79.0 Å². The van der Waals surface area contributed by atoms with Crippen LogP contribution in [0.3, 0.4) is 0 Å². The van der Waals surface area contributed by atoms with Crippen LogP contribution in [-0.2, 0) is 11.3 Å². The Hall–Kier alpha value is -3.21. The van der Waals surface area contributed by atoms with Crippen molar-refractivity contribution in [2.24, 2.45) is 0 Å². The lowest BCUT2D eigenvalue weighted by molar-refractivity contribution is -0.121. The number of amides is 1. The number of carbonyl (C=O) groups excluding carboxylic acids is 2. The van der Waals surface area contributed by atoms with Gasteiger partial charge in [0.25, 0.3) is 5.56 Å². The molecule has 0 saturated carbocycles. The fourth-order valence-corrected chi connectivity index (χ4v) is 3.18. The number of ketones is 1. The van der Waals surface area contributed by atoms with Crippen molar-refractivity contribution >= 4 is 22.6 Å². The molecule has 0 radical (unpaired) electrons. The average Bonchev–Trinajstić information content (AvgIpc) is 2.66. The highest BCUT2D eigenvalue weighted by Crippen LogP contribution is 2.17. The van der Waals surface area contributed by atoms with E-state index in [-0.39, 0.29) is 36.6 Å². The van der Waals surface area contributed by atoms with Gasteiger partial charge in [-0.2, -0.15) is 0 Å². The second kappa shape index (κ2) is 8.21. The van der Waals surface area contributed by atoms with Crippen LogP contribution in [0.15, 0.2) is 47.3 Å². The summed E-state index contributed by atoms with van der Waals surface area (Å²) in [5.74, 6) is -0.302. The number of H-pyrrole nitrogens is 1. The molecule has 2 N–H and O–H groups in total. The van der Waals surface area contributed by atoms with Crippen molar-refractivity contribution in [3.8, 4) is 0 Å². The Morgan fingerprint density at radius 2 is 1.64 bits per heavy atom. The summed E-state index contributed by atoms with van der Waals surface area (Å²) >= 11 is 0. The molecular formula is C23H24N2O3. The molecule has 0 fully saturated rings. The number of hydrogen-bond acceptors (Lipinski definition) is 3. The highest BCUT2D eigenvalue weighted by molar-refractivity contribution is 5.99. The maximum absolute atomic E-state index is 12.3. The van der Waals surface area contributed by atoms with E-state index in [1.807, 2.05) is 51.1 Å². The number of rotatable bonds is 6. The van der Waals surface area contributed by atoms with Crippen LogP contribution in [0.1, 0.15) is 45.5 Å². The van der Waals surface area contributed by atoms with Crippen molar-refractivity contribution < 1.29 is 9.59 Å². The van der Waals surface area contributed by atoms with Crippen molar-refractivity contribution in [2.45, 2.75) is 40.2 Å². The van der Waals surface area contributed by atoms with Gasteiger partial charge in [0, 0.05) is 36.0 Å². The number of aryl methyl sites for hydroxylation is 3. The fourth-order valence-electron chi connectivity index (χ4n) is 3.18. The van der Waals surface area contributed by atoms with Crippen LogP contribution >= 0.6 is 0 Å². The number of benzene rings is 2. The minimum absolute atomic E-state index is 0.0531. The number of aromatic amines is 1. The van der Waals surface area contributed by atoms with Gasteiger partial charge in [0.1, 0.15) is 0 Å². The molecule has 5 nitrogen and oxygen atoms in total. The summed E-state index contributed by atoms with van der Waals surface area (Å²) in [5, 5.41) is 3.67. The summed E-state index contributed by atoms with van der Waals surface area (Å²) in [6.45, 7) is 6.03. The predicted molar refractivity (Wildman–Crippen MR) is 111 cm³/mol. The quantitative estimate of drug-likeness (QED) is 0.643. The minimum Gasteiger partial charge on any atom is -0.352 e. The fraction of sp³-hybridized carbons (Fsp3) is 0.261. The Labute approximate surface area is 163 Å². The third-order valence-electron chi connectivity index (χ3n) is 5.04. The molecule has 3 aromatic rings. The maximum atomic E-state index is 12.3. The van der Waals surface area contributed by atoms with E-state index < -0.39 is 0 Å². The number of pyridine rings is 1. The van der Waals surface area contributed by atoms with Crippen LogP contribution in [0.4, 0.5) is 0 Å². The molecule has 2 aromatic carbocycles. The van der Waals surface area contributed by atoms with Crippen molar-refractivity contribution in [3.05, 3.63) is 80.6 Å². The van der Waals surface area contributed by atoms with Crippen LogP contribution in [0, 0.1) is 20.8 Å². The molecular weight excluding hydrogens is 352 g/mol. The normalized spacial score (nSPS) is 10.8. The van der Waals surface area contributed by atoms with E-state index in [9.17, 15) is 14.4 Å². The first-order chi connectivity index (χ1) is 13.3. The van der Waals surface area contributed by atoms with Crippen LogP contribution in [0.2, 0.25) is 0 Å². The highest BCUT2D eigenvalue weighted by Gasteiger charge is 2.12. The number of aromatic nitrogens is 1. The number of carbonyl (C=O) groups is 2. The molecule has 144 valence electrons. The first-order valence-electron chi connectivity index (χ1n) is 9.34. The standard InChI is InChI=1S/C23H24N2O3/c1-14-6-4-5-7-19(14)21(26)8-9-22(27)24-13-18-12-17-10-15(2)16(3)11-20(17)25-23(18)28/h4-7,10-12H,8-9,13H2,1-3H3,(H,24,27)(H,25,28). The lowest BCUT2D eigenvalue weighted by atomic mass is 10.0. The van der Waals surface area contributed by atoms with Crippen LogP contribution < -0.4 is 10.9 Å². The lowest BCUT2D eigenvalue weighted by Gasteiger charge is -2.08. The molecule has 0 unspecified atom stereocenters. The number of fused-ring (bicyclic) bond motifs is 1. The molecule has 28 heavy (non-hydrogen) atoms. The molecule has 0 aliphatic rings. The summed E-state index contributed by atoms with van der Waals surface area (Å²) in [5.41, 5.74) is 4.87. The molecule has 0 spiro atoms. The average molecular weight is 376 g/mol. The van der Waals surface area contributed by atoms with Crippen LogP contribution in [0.25, 0.3) is 10.9 Å². The molecule has 0 atom stereocenters. The Bertz CT molecular complexity index is 1110. The van der Waals surface area contributed by atoms with Crippen molar-refractivity contribution in [1.82, 2.24) is 10.3 Å². The third-order valence-corrected chi connectivity index (χ3v) is 5.04. The molecule has 0 saturated heterocycles. The monoisotopic (exact) mass is 376 g/mol. The van der Waals surface area contributed by atoms with Crippen LogP contribution in [0.5, 0.6) is 0 Å². The van der Waals surface area contributed by atoms with Crippen molar-refractivity contribution in [2.75, 3.05) is 0 Å². The zero-order valence-corrected chi connectivity index (χ0v) is 16.4. The van der Waals surface area contributed by atoms with Crippen molar-refractivity contribution in [1.29, 1.82) is 0 Å². The largest absolute Gasteiger partial charge is 0.352 e. The number of nitrogens with one attached hydrogen (secondary N) is 2. The van der Waals surface area contributed by atoms with Gasteiger partial charge in [-0.3, -0.25) is 14.4 Å². The van der Waals surface area contributed by atoms with Crippen molar-refractivity contribution in [3.63, 3.8) is 0 Å². The summed E-state index contributed by atoms with van der Waals surface area (Å²) in [7, 11) is 0. The smallest absolute Gasteiger partial charge is 0.253 e. The molecule has 1 amide bonds. The summed E-state index contributed by atoms with van der Waals surface area (Å²) in [6.07, 6.45) is 0.236. The molecule has 5 heteroatoms. The first-order valence-corrected chi connectivity index (χ1v) is 9.34. The Morgan fingerprint density at radius 3 is 2.39 bits per heavy atom. The van der Waals surface area contributed by atoms with Gasteiger partial charge in [-0.15, -0.1) is 0 Å². The second-order valence-electron chi connectivity index (χ2n) is 7.16. The zero-order valence-electron chi connectivity index (χ0n) is 16.4. The van der Waals surface area contributed by atoms with Gasteiger partial charge in [0.2, 0.25) is 5.91 Å². The lowest BCUT2D eigenvalue weighted by Crippen LogP contribution is -2.27. The van der Waals surface area contributed by atoms with Gasteiger partial charge in [-0.1, -0.05) is 24.3 Å². The molecule has 1 heterocycles. The van der Waals surface area contributed by atoms with E-state index >= 15 is 0 Å². The minimum atomic E-state index is -0.249. The molecule has 1 aromatic heterocycles. The second-order valence-corrected chi connectivity index (χ2v) is 7.16. The van der Waals surface area contributed by atoms with E-state index in [2.05, 4.69) is 10.3 Å². The van der Waals surface area contributed by atoms with E-state index in [1.54, 1.807) is 12.1 Å². The van der Waals surface area contributed by atoms with E-state index in [4.69, 9.17) is 0 Å². The molecule has 0 aliphatic heterocycles. The van der Waals surface area contributed by atoms with Gasteiger partial charge in [-0.25, -0.2) is 0 Å². The summed E-state index contributed by atoms with van der Waals surface area (Å²) < 4.78 is 0. The zero-order chi connectivity index (χ0) is 20.3. The van der Waals surface area contributed by atoms with Gasteiger partial charge in [0.05, 0.1) is 0 Å². The third kappa shape index (κ3) is 4.36. The van der Waals surface area contributed by atoms with Gasteiger partial charge in [-0.05, 0) is 61.0 Å². The van der Waals surface area contributed by atoms with E-state index in [0.29, 0.717) is 11.1 Å². The highest BCUT2D eigenvalue weighted by atomic mass is 16.2. The van der Waals surface area contributed by atoms with Gasteiger partial charge in [0.15, 0.2) is 5.78 Å². The Morgan fingerprint density at radius 1 is 0.929 bits per heavy atom. The Kier molecular flexibility index (Phi) is 5.73. The first kappa shape index (κ1) is 19.5. The molecule has 3 rings (SSSR count). The number of hydrogen-bond donors (Lipinski definition) is 2. The van der Waals surface area contributed by atoms with Crippen LogP contribution in [-0.4, -0.2) is 16.7 Å². The van der Waals surface area contributed by atoms with E-state index in [1.165, 1.54) is 0 Å². The maximum Gasteiger partial charge on any atom is 0.253 e. The van der Waals surface area contributed by atoms with Gasteiger partial charge < -0.3 is 10.3 Å².